The molecule has 0 aliphatic carbocycles. The van der Waals surface area contributed by atoms with E-state index in [2.05, 4.69) is 10.6 Å². The van der Waals surface area contributed by atoms with Gasteiger partial charge < -0.3 is 20.3 Å². The number of rotatable bonds is 6. The van der Waals surface area contributed by atoms with Crippen LogP contribution in [0.5, 0.6) is 0 Å². The number of amides is 1. The van der Waals surface area contributed by atoms with Crippen LogP contribution >= 0.6 is 24.8 Å². The van der Waals surface area contributed by atoms with Gasteiger partial charge in [0.15, 0.2) is 0 Å². The molecule has 0 bridgehead atoms. The van der Waals surface area contributed by atoms with Crippen LogP contribution in [0, 0.1) is 0 Å². The summed E-state index contributed by atoms with van der Waals surface area (Å²) in [6, 6.07) is 3.54. The molecule has 2 N–H and O–H groups in total. The minimum absolute atomic E-state index is 0. The number of hydrogen-bond acceptors (Lipinski definition) is 4. The van der Waals surface area contributed by atoms with E-state index in [0.717, 1.165) is 57.5 Å². The van der Waals surface area contributed by atoms with Crippen molar-refractivity contribution in [3.8, 4) is 0 Å². The second-order valence-corrected chi connectivity index (χ2v) is 6.74. The van der Waals surface area contributed by atoms with Crippen molar-refractivity contribution in [1.29, 1.82) is 0 Å². The number of carbonyl (C=O) groups excluding carboxylic acids is 1. The van der Waals surface area contributed by atoms with Gasteiger partial charge in [0.05, 0.1) is 29.6 Å². The first-order chi connectivity index (χ1) is 12.4. The predicted octanol–water partition coefficient (Wildman–Crippen LogP) is 3.86. The largest absolute Gasteiger partial charge is 0.416 e. The normalized spacial score (nSPS) is 19.1. The van der Waals surface area contributed by atoms with Crippen LogP contribution in [0.25, 0.3) is 0 Å². The molecule has 28 heavy (non-hydrogen) atoms. The Morgan fingerprint density at radius 1 is 1.18 bits per heavy atom. The summed E-state index contributed by atoms with van der Waals surface area (Å²) in [6.45, 7) is 2.91. The first-order valence-corrected chi connectivity index (χ1v) is 9.02. The van der Waals surface area contributed by atoms with Crippen LogP contribution < -0.4 is 15.5 Å². The quantitative estimate of drug-likeness (QED) is 0.700. The highest BCUT2D eigenvalue weighted by Gasteiger charge is 2.32. The number of hydrogen-bond donors (Lipinski definition) is 2. The molecule has 1 amide bonds. The molecule has 2 fully saturated rings. The highest BCUT2D eigenvalue weighted by Crippen LogP contribution is 2.36. The minimum atomic E-state index is -4.44. The number of anilines is 2. The van der Waals surface area contributed by atoms with Gasteiger partial charge >= 0.3 is 6.18 Å². The maximum Gasteiger partial charge on any atom is 0.416 e. The van der Waals surface area contributed by atoms with Crippen molar-refractivity contribution in [2.75, 3.05) is 43.0 Å². The Hall–Kier alpha value is -1.22. The van der Waals surface area contributed by atoms with Gasteiger partial charge in [-0.25, -0.2) is 0 Å². The highest BCUT2D eigenvalue weighted by atomic mass is 35.5. The summed E-state index contributed by atoms with van der Waals surface area (Å²) in [5, 5.41) is 5.65. The zero-order chi connectivity index (χ0) is 18.6. The third-order valence-electron chi connectivity index (χ3n) is 4.73. The summed E-state index contributed by atoms with van der Waals surface area (Å²) in [6.07, 6.45) is -0.365. The second kappa shape index (κ2) is 11.1. The smallest absolute Gasteiger partial charge is 0.377 e. The van der Waals surface area contributed by atoms with Gasteiger partial charge in [-0.1, -0.05) is 0 Å². The van der Waals surface area contributed by atoms with E-state index in [9.17, 15) is 18.0 Å². The van der Waals surface area contributed by atoms with Gasteiger partial charge in [-0.3, -0.25) is 4.79 Å². The van der Waals surface area contributed by atoms with E-state index in [-0.39, 0.29) is 49.1 Å². The molecule has 2 aliphatic heterocycles. The van der Waals surface area contributed by atoms with Crippen LogP contribution in [0.3, 0.4) is 0 Å². The Balaban J connectivity index is 0.00000196. The summed E-state index contributed by atoms with van der Waals surface area (Å²) in [7, 11) is 0. The molecule has 0 spiro atoms. The van der Waals surface area contributed by atoms with Crippen molar-refractivity contribution >= 4 is 42.1 Å². The Morgan fingerprint density at radius 2 is 1.89 bits per heavy atom. The Bertz CT molecular complexity index is 635. The lowest BCUT2D eigenvalue weighted by Crippen LogP contribution is -2.34. The SMILES string of the molecule is Cl.Cl.O=C(CNCC1CCCO1)Nc1cc(C(F)(F)F)ccc1N1CCCC1. The maximum absolute atomic E-state index is 13.0. The fraction of sp³-hybridized carbons (Fsp3) is 0.611. The van der Waals surface area contributed by atoms with Gasteiger partial charge in [0, 0.05) is 26.2 Å². The van der Waals surface area contributed by atoms with E-state index in [1.807, 2.05) is 4.90 Å². The van der Waals surface area contributed by atoms with Gasteiger partial charge in [-0.15, -0.1) is 24.8 Å². The van der Waals surface area contributed by atoms with Crippen LogP contribution in [0.1, 0.15) is 31.2 Å². The first kappa shape index (κ1) is 24.8. The molecule has 5 nitrogen and oxygen atoms in total. The Kier molecular flexibility index (Phi) is 9.83. The molecule has 0 aromatic heterocycles. The fourth-order valence-corrected chi connectivity index (χ4v) is 3.39. The summed E-state index contributed by atoms with van der Waals surface area (Å²) in [5.41, 5.74) is 0.0941. The molecular weight excluding hydrogens is 418 g/mol. The minimum Gasteiger partial charge on any atom is -0.377 e. The fourth-order valence-electron chi connectivity index (χ4n) is 3.39. The predicted molar refractivity (Wildman–Crippen MR) is 108 cm³/mol. The standard InChI is InChI=1S/C18H24F3N3O2.2ClH/c19-18(20,21)13-5-6-16(24-7-1-2-8-24)15(10-13)23-17(25)12-22-11-14-4-3-9-26-14;;/h5-6,10,14,22H,1-4,7-9,11-12H2,(H,23,25);2*1H. The van der Waals surface area contributed by atoms with Gasteiger partial charge in [0.1, 0.15) is 0 Å². The molecule has 2 saturated heterocycles. The summed E-state index contributed by atoms with van der Waals surface area (Å²) in [5.74, 6) is -0.359. The number of alkyl halides is 3. The number of nitrogens with one attached hydrogen (secondary N) is 2. The van der Waals surface area contributed by atoms with Crippen molar-refractivity contribution in [3.05, 3.63) is 23.8 Å². The van der Waals surface area contributed by atoms with Gasteiger partial charge in [-0.2, -0.15) is 13.2 Å². The monoisotopic (exact) mass is 443 g/mol. The second-order valence-electron chi connectivity index (χ2n) is 6.74. The lowest BCUT2D eigenvalue weighted by atomic mass is 10.1. The molecule has 0 saturated carbocycles. The average Bonchev–Trinajstić information content (AvgIpc) is 3.27. The van der Waals surface area contributed by atoms with Gasteiger partial charge in [0.25, 0.3) is 0 Å². The van der Waals surface area contributed by atoms with Gasteiger partial charge in [0.2, 0.25) is 5.91 Å². The van der Waals surface area contributed by atoms with Crippen molar-refractivity contribution in [2.45, 2.75) is 38.0 Å². The van der Waals surface area contributed by atoms with Crippen molar-refractivity contribution in [2.24, 2.45) is 0 Å². The number of carbonyl (C=O) groups is 1. The number of nitrogens with zero attached hydrogens (tertiary/aromatic N) is 1. The van der Waals surface area contributed by atoms with E-state index in [1.165, 1.54) is 6.07 Å². The number of benzene rings is 1. The maximum atomic E-state index is 13.0. The molecule has 0 radical (unpaired) electrons. The summed E-state index contributed by atoms with van der Waals surface area (Å²) >= 11 is 0. The van der Waals surface area contributed by atoms with E-state index in [1.54, 1.807) is 0 Å². The molecule has 3 rings (SSSR count). The van der Waals surface area contributed by atoms with Crippen LogP contribution in [0.4, 0.5) is 24.5 Å². The van der Waals surface area contributed by atoms with Crippen LogP contribution in [0.15, 0.2) is 18.2 Å². The van der Waals surface area contributed by atoms with Crippen LogP contribution in [0.2, 0.25) is 0 Å². The topological polar surface area (TPSA) is 53.6 Å². The zero-order valence-corrected chi connectivity index (χ0v) is 17.0. The Labute approximate surface area is 175 Å². The van der Waals surface area contributed by atoms with Crippen molar-refractivity contribution in [1.82, 2.24) is 5.32 Å². The Morgan fingerprint density at radius 3 is 2.50 bits per heavy atom. The molecule has 1 atom stereocenters. The summed E-state index contributed by atoms with van der Waals surface area (Å²) < 4.78 is 44.6. The molecule has 2 aliphatic rings. The first-order valence-electron chi connectivity index (χ1n) is 9.02. The number of ether oxygens (including phenoxy) is 1. The van der Waals surface area contributed by atoms with E-state index < -0.39 is 11.7 Å². The van der Waals surface area contributed by atoms with Crippen molar-refractivity contribution in [3.63, 3.8) is 0 Å². The average molecular weight is 444 g/mol. The van der Waals surface area contributed by atoms with E-state index in [0.29, 0.717) is 12.2 Å². The van der Waals surface area contributed by atoms with Crippen LogP contribution in [-0.4, -0.2) is 44.8 Å². The molecule has 1 unspecified atom stereocenters. The molecule has 1 aromatic carbocycles. The van der Waals surface area contributed by atoms with Gasteiger partial charge in [-0.05, 0) is 43.9 Å². The van der Waals surface area contributed by atoms with Crippen LogP contribution in [-0.2, 0) is 15.7 Å². The van der Waals surface area contributed by atoms with E-state index >= 15 is 0 Å². The third kappa shape index (κ3) is 6.69. The summed E-state index contributed by atoms with van der Waals surface area (Å²) in [4.78, 5) is 14.2. The molecule has 1 aromatic rings. The molecular formula is C18H26Cl2F3N3O2. The van der Waals surface area contributed by atoms with E-state index in [4.69, 9.17) is 4.74 Å². The molecule has 2 heterocycles. The molecule has 160 valence electrons. The van der Waals surface area contributed by atoms with Crippen molar-refractivity contribution < 1.29 is 22.7 Å². The zero-order valence-electron chi connectivity index (χ0n) is 15.4. The lowest BCUT2D eigenvalue weighted by molar-refractivity contribution is -0.137. The lowest BCUT2D eigenvalue weighted by Gasteiger charge is -2.23. The third-order valence-corrected chi connectivity index (χ3v) is 4.73. The molecule has 10 heteroatoms. The number of halogens is 5. The highest BCUT2D eigenvalue weighted by molar-refractivity contribution is 5.95.